The van der Waals surface area contributed by atoms with Crippen molar-refractivity contribution < 1.29 is 18.0 Å². The number of aryl methyl sites for hydroxylation is 2. The largest absolute Gasteiger partial charge is 0.350 e. The van der Waals surface area contributed by atoms with Crippen LogP contribution in [0.3, 0.4) is 0 Å². The summed E-state index contributed by atoms with van der Waals surface area (Å²) < 4.78 is 28.7. The molecule has 9 heteroatoms. The molecule has 0 spiro atoms. The highest BCUT2D eigenvalue weighted by Crippen LogP contribution is 2.28. The Kier molecular flexibility index (Phi) is 9.46. The zero-order valence-corrected chi connectivity index (χ0v) is 24.8. The average Bonchev–Trinajstić information content (AvgIpc) is 2.86. The molecule has 39 heavy (non-hydrogen) atoms. The molecule has 0 heterocycles. The number of carbonyl (C=O) groups is 2. The fraction of sp³-hybridized carbons (Fsp3) is 0.333. The minimum atomic E-state index is -4.14. The fourth-order valence-electron chi connectivity index (χ4n) is 4.05. The first-order chi connectivity index (χ1) is 18.2. The van der Waals surface area contributed by atoms with Gasteiger partial charge >= 0.3 is 0 Å². The number of rotatable bonds is 9. The van der Waals surface area contributed by atoms with Crippen LogP contribution in [0, 0.1) is 13.8 Å². The monoisotopic (exact) mass is 569 g/mol. The summed E-state index contributed by atoms with van der Waals surface area (Å²) in [5.74, 6) is -0.858. The first-order valence-corrected chi connectivity index (χ1v) is 14.5. The second kappa shape index (κ2) is 12.2. The highest BCUT2D eigenvalue weighted by Gasteiger charge is 2.33. The molecule has 0 radical (unpaired) electrons. The lowest BCUT2D eigenvalue weighted by Gasteiger charge is -2.33. The van der Waals surface area contributed by atoms with E-state index in [2.05, 4.69) is 5.32 Å². The van der Waals surface area contributed by atoms with Crippen molar-refractivity contribution in [2.45, 2.75) is 64.6 Å². The van der Waals surface area contributed by atoms with Crippen molar-refractivity contribution in [3.8, 4) is 0 Å². The van der Waals surface area contributed by atoms with Gasteiger partial charge in [-0.25, -0.2) is 8.42 Å². The minimum Gasteiger partial charge on any atom is -0.350 e. The Morgan fingerprint density at radius 3 is 2.21 bits per heavy atom. The lowest BCUT2D eigenvalue weighted by Crippen LogP contribution is -2.54. The lowest BCUT2D eigenvalue weighted by molar-refractivity contribution is -0.140. The molecule has 0 unspecified atom stereocenters. The maximum Gasteiger partial charge on any atom is 0.264 e. The van der Waals surface area contributed by atoms with Crippen LogP contribution in [-0.2, 0) is 26.2 Å². The minimum absolute atomic E-state index is 0.0401. The first-order valence-electron chi connectivity index (χ1n) is 12.7. The van der Waals surface area contributed by atoms with Crippen LogP contribution in [0.5, 0.6) is 0 Å². The van der Waals surface area contributed by atoms with Crippen molar-refractivity contribution >= 4 is 39.1 Å². The van der Waals surface area contributed by atoms with Gasteiger partial charge in [-0.15, -0.1) is 0 Å². The van der Waals surface area contributed by atoms with Crippen LogP contribution < -0.4 is 9.62 Å². The van der Waals surface area contributed by atoms with Crippen LogP contribution in [0.25, 0.3) is 0 Å². The summed E-state index contributed by atoms with van der Waals surface area (Å²) >= 11 is 6.36. The zero-order chi connectivity index (χ0) is 29.0. The average molecular weight is 570 g/mol. The zero-order valence-electron chi connectivity index (χ0n) is 23.2. The van der Waals surface area contributed by atoms with E-state index in [-0.39, 0.29) is 23.0 Å². The maximum atomic E-state index is 14.0. The van der Waals surface area contributed by atoms with Gasteiger partial charge in [0.15, 0.2) is 0 Å². The Balaban J connectivity index is 2.05. The Bertz CT molecular complexity index is 1440. The number of amides is 2. The number of hydrogen-bond donors (Lipinski definition) is 1. The van der Waals surface area contributed by atoms with Crippen LogP contribution in [0.15, 0.2) is 77.7 Å². The van der Waals surface area contributed by atoms with Crippen LogP contribution >= 0.6 is 11.6 Å². The number of nitrogens with one attached hydrogen (secondary N) is 1. The molecule has 0 aliphatic heterocycles. The summed E-state index contributed by atoms with van der Waals surface area (Å²) in [5, 5.41) is 3.30. The molecule has 3 aromatic carbocycles. The molecule has 2 amide bonds. The van der Waals surface area contributed by atoms with E-state index in [1.54, 1.807) is 37.3 Å². The smallest absolute Gasteiger partial charge is 0.264 e. The quantitative estimate of drug-likeness (QED) is 0.369. The van der Waals surface area contributed by atoms with Crippen LogP contribution in [0.4, 0.5) is 5.69 Å². The van der Waals surface area contributed by atoms with Crippen LogP contribution in [0.2, 0.25) is 5.02 Å². The van der Waals surface area contributed by atoms with Gasteiger partial charge in [-0.05, 0) is 76.9 Å². The molecule has 0 fully saturated rings. The van der Waals surface area contributed by atoms with Crippen LogP contribution in [0.1, 0.15) is 44.4 Å². The third-order valence-corrected chi connectivity index (χ3v) is 8.35. The summed E-state index contributed by atoms with van der Waals surface area (Å²) in [6.07, 6.45) is 0. The number of carbonyl (C=O) groups excluding carboxylic acids is 2. The topological polar surface area (TPSA) is 86.8 Å². The normalized spacial score (nSPS) is 12.5. The third kappa shape index (κ3) is 7.83. The highest BCUT2D eigenvalue weighted by molar-refractivity contribution is 7.92. The molecule has 0 aliphatic carbocycles. The van der Waals surface area contributed by atoms with Crippen molar-refractivity contribution in [3.63, 3.8) is 0 Å². The molecule has 3 aromatic rings. The Morgan fingerprint density at radius 2 is 1.62 bits per heavy atom. The standard InChI is InChI=1S/C30H36ClN3O4S/c1-21-11-10-12-24(17-21)19-33(23(3)29(36)32-30(4,5)6)28(35)20-34(25-16-15-22(2)27(31)18-25)39(37,38)26-13-8-7-9-14-26/h7-18,23H,19-20H2,1-6H3,(H,32,36)/t23-/m1/s1. The van der Waals surface area contributed by atoms with E-state index < -0.39 is 34.1 Å². The molecular formula is C30H36ClN3O4S. The van der Waals surface area contributed by atoms with Crippen molar-refractivity contribution in [1.82, 2.24) is 10.2 Å². The molecular weight excluding hydrogens is 534 g/mol. The van der Waals surface area contributed by atoms with E-state index in [9.17, 15) is 18.0 Å². The fourth-order valence-corrected chi connectivity index (χ4v) is 5.65. The number of hydrogen-bond acceptors (Lipinski definition) is 4. The first kappa shape index (κ1) is 30.2. The van der Waals surface area contributed by atoms with E-state index >= 15 is 0 Å². The predicted molar refractivity (Wildman–Crippen MR) is 156 cm³/mol. The van der Waals surface area contributed by atoms with Gasteiger partial charge in [-0.3, -0.25) is 13.9 Å². The number of nitrogens with zero attached hydrogens (tertiary/aromatic N) is 2. The van der Waals surface area contributed by atoms with E-state index in [4.69, 9.17) is 11.6 Å². The molecule has 1 atom stereocenters. The Morgan fingerprint density at radius 1 is 0.949 bits per heavy atom. The molecule has 1 N–H and O–H groups in total. The summed E-state index contributed by atoms with van der Waals surface area (Å²) in [7, 11) is -4.14. The maximum absolute atomic E-state index is 14.0. The second-order valence-electron chi connectivity index (χ2n) is 10.7. The lowest BCUT2D eigenvalue weighted by atomic mass is 10.1. The number of anilines is 1. The van der Waals surface area contributed by atoms with Crippen LogP contribution in [-0.4, -0.2) is 43.3 Å². The van der Waals surface area contributed by atoms with E-state index in [0.717, 1.165) is 21.0 Å². The van der Waals surface area contributed by atoms with Crippen molar-refractivity contribution in [3.05, 3.63) is 94.5 Å². The Hall–Kier alpha value is -3.36. The van der Waals surface area contributed by atoms with Gasteiger partial charge < -0.3 is 10.2 Å². The third-order valence-electron chi connectivity index (χ3n) is 6.15. The summed E-state index contributed by atoms with van der Waals surface area (Å²) in [4.78, 5) is 28.6. The van der Waals surface area contributed by atoms with Gasteiger partial charge in [0.1, 0.15) is 12.6 Å². The van der Waals surface area contributed by atoms with Gasteiger partial charge in [-0.2, -0.15) is 0 Å². The van der Waals surface area contributed by atoms with Gasteiger partial charge in [0.05, 0.1) is 10.6 Å². The van der Waals surface area contributed by atoms with E-state index in [1.807, 2.05) is 58.9 Å². The van der Waals surface area contributed by atoms with Crippen molar-refractivity contribution in [2.24, 2.45) is 0 Å². The van der Waals surface area contributed by atoms with Crippen molar-refractivity contribution in [2.75, 3.05) is 10.8 Å². The Labute approximate surface area is 236 Å². The van der Waals surface area contributed by atoms with E-state index in [0.29, 0.717) is 5.02 Å². The molecule has 0 aliphatic rings. The molecule has 0 bridgehead atoms. The molecule has 7 nitrogen and oxygen atoms in total. The van der Waals surface area contributed by atoms with Crippen molar-refractivity contribution in [1.29, 1.82) is 0 Å². The predicted octanol–water partition coefficient (Wildman–Crippen LogP) is 5.48. The number of sulfonamides is 1. The number of halogens is 1. The second-order valence-corrected chi connectivity index (χ2v) is 13.0. The van der Waals surface area contributed by atoms with Gasteiger partial charge in [0, 0.05) is 17.1 Å². The SMILES string of the molecule is Cc1cccc(CN(C(=O)CN(c2ccc(C)c(Cl)c2)S(=O)(=O)c2ccccc2)[C@H](C)C(=O)NC(C)(C)C)c1. The van der Waals surface area contributed by atoms with Gasteiger partial charge in [0.2, 0.25) is 11.8 Å². The summed E-state index contributed by atoms with van der Waals surface area (Å²) in [5.41, 5.74) is 2.36. The highest BCUT2D eigenvalue weighted by atomic mass is 35.5. The van der Waals surface area contributed by atoms with Gasteiger partial charge in [-0.1, -0.05) is 65.7 Å². The van der Waals surface area contributed by atoms with Gasteiger partial charge in [0.25, 0.3) is 10.0 Å². The molecule has 0 saturated carbocycles. The molecule has 208 valence electrons. The van der Waals surface area contributed by atoms with E-state index in [1.165, 1.54) is 23.1 Å². The summed E-state index contributed by atoms with van der Waals surface area (Å²) in [6.45, 7) is 10.6. The number of benzene rings is 3. The summed E-state index contributed by atoms with van der Waals surface area (Å²) in [6, 6.07) is 19.6. The molecule has 3 rings (SSSR count). The molecule has 0 saturated heterocycles. The molecule has 0 aromatic heterocycles.